The van der Waals surface area contributed by atoms with Crippen molar-refractivity contribution in [2.75, 3.05) is 13.7 Å². The molecule has 1 aliphatic heterocycles. The Hall–Kier alpha value is -1.26. The first-order chi connectivity index (χ1) is 13.6. The lowest BCUT2D eigenvalue weighted by molar-refractivity contribution is 0.214. The second-order valence-corrected chi connectivity index (χ2v) is 8.75. The Morgan fingerprint density at radius 1 is 0.964 bits per heavy atom. The number of hydrogen-bond donors (Lipinski definition) is 1. The zero-order chi connectivity index (χ0) is 20.4. The molecule has 158 valence electrons. The fourth-order valence-electron chi connectivity index (χ4n) is 4.50. The van der Waals surface area contributed by atoms with Crippen molar-refractivity contribution >= 4 is 11.4 Å². The van der Waals surface area contributed by atoms with Gasteiger partial charge in [-0.3, -0.25) is 5.32 Å². The Kier molecular flexibility index (Phi) is 9.60. The molecule has 1 aromatic rings. The van der Waals surface area contributed by atoms with Crippen molar-refractivity contribution in [1.29, 1.82) is 0 Å². The first-order valence-corrected chi connectivity index (χ1v) is 11.7. The molecular weight excluding hydrogens is 344 g/mol. The molecule has 4 nitrogen and oxygen atoms in total. The van der Waals surface area contributed by atoms with Gasteiger partial charge in [-0.25, -0.2) is 0 Å². The standard InChI is InChI=1S/C24H43N4/c1-6-10-14-20(8-3)18-23(21(9-4)15-11-7-2)25-19-28(5)24-17-13-12-16-22(24)26-27-28/h12-13,16-17,20-21,23,25H,6-11,14-15,18-19H2,1-5H3/q+1. The van der Waals surface area contributed by atoms with Crippen LogP contribution in [0.1, 0.15) is 85.5 Å². The van der Waals surface area contributed by atoms with Gasteiger partial charge in [0.2, 0.25) is 0 Å². The molecule has 0 saturated heterocycles. The van der Waals surface area contributed by atoms with E-state index < -0.39 is 0 Å². The summed E-state index contributed by atoms with van der Waals surface area (Å²) in [6, 6.07) is 8.93. The van der Waals surface area contributed by atoms with E-state index >= 15 is 0 Å². The lowest BCUT2D eigenvalue weighted by atomic mass is 9.83. The van der Waals surface area contributed by atoms with Crippen LogP contribution in [0.15, 0.2) is 34.6 Å². The largest absolute Gasteiger partial charge is 0.265 e. The summed E-state index contributed by atoms with van der Waals surface area (Å²) in [7, 11) is 2.17. The highest BCUT2D eigenvalue weighted by Crippen LogP contribution is 2.39. The molecule has 4 unspecified atom stereocenters. The highest BCUT2D eigenvalue weighted by Gasteiger charge is 2.35. The Morgan fingerprint density at radius 2 is 1.68 bits per heavy atom. The van der Waals surface area contributed by atoms with Crippen LogP contribution in [0.2, 0.25) is 0 Å². The minimum Gasteiger partial charge on any atom is -0.265 e. The number of para-hydroxylation sites is 1. The van der Waals surface area contributed by atoms with Crippen LogP contribution in [-0.4, -0.2) is 19.8 Å². The minimum atomic E-state index is 0.517. The maximum Gasteiger partial charge on any atom is 0.189 e. The maximum atomic E-state index is 4.60. The van der Waals surface area contributed by atoms with Gasteiger partial charge in [-0.05, 0) is 30.7 Å². The molecule has 0 bridgehead atoms. The van der Waals surface area contributed by atoms with Crippen molar-refractivity contribution in [3.63, 3.8) is 0 Å². The lowest BCUT2D eigenvalue weighted by Gasteiger charge is -2.33. The van der Waals surface area contributed by atoms with E-state index in [1.807, 2.05) is 6.07 Å². The monoisotopic (exact) mass is 387 g/mol. The van der Waals surface area contributed by atoms with E-state index in [2.05, 4.69) is 68.6 Å². The molecule has 4 atom stereocenters. The van der Waals surface area contributed by atoms with Crippen molar-refractivity contribution in [3.05, 3.63) is 24.3 Å². The smallest absolute Gasteiger partial charge is 0.189 e. The molecule has 0 amide bonds. The number of nitrogens with one attached hydrogen (secondary N) is 1. The summed E-state index contributed by atoms with van der Waals surface area (Å²) in [6.07, 6.45) is 11.8. The minimum absolute atomic E-state index is 0.517. The summed E-state index contributed by atoms with van der Waals surface area (Å²) < 4.78 is 0.517. The van der Waals surface area contributed by atoms with Gasteiger partial charge >= 0.3 is 0 Å². The number of quaternary nitrogens is 1. The average molecular weight is 388 g/mol. The summed E-state index contributed by atoms with van der Waals surface area (Å²) in [6.45, 7) is 10.2. The number of rotatable bonds is 14. The van der Waals surface area contributed by atoms with E-state index in [0.29, 0.717) is 10.6 Å². The van der Waals surface area contributed by atoms with E-state index in [-0.39, 0.29) is 0 Å². The van der Waals surface area contributed by atoms with Crippen LogP contribution in [0.3, 0.4) is 0 Å². The van der Waals surface area contributed by atoms with Gasteiger partial charge in [0.25, 0.3) is 0 Å². The third-order valence-corrected chi connectivity index (χ3v) is 6.56. The van der Waals surface area contributed by atoms with Crippen molar-refractivity contribution in [2.24, 2.45) is 22.2 Å². The molecule has 1 aliphatic rings. The van der Waals surface area contributed by atoms with Crippen molar-refractivity contribution in [2.45, 2.75) is 91.5 Å². The summed E-state index contributed by atoms with van der Waals surface area (Å²) in [5.74, 6) is 1.57. The van der Waals surface area contributed by atoms with E-state index in [1.165, 1.54) is 63.5 Å². The summed E-state index contributed by atoms with van der Waals surface area (Å²) in [5, 5.41) is 13.0. The van der Waals surface area contributed by atoms with Gasteiger partial charge in [0.1, 0.15) is 7.05 Å². The Labute approximate surface area is 173 Å². The van der Waals surface area contributed by atoms with Crippen LogP contribution in [0.25, 0.3) is 0 Å². The van der Waals surface area contributed by atoms with E-state index in [4.69, 9.17) is 0 Å². The lowest BCUT2D eigenvalue weighted by Crippen LogP contribution is -2.50. The van der Waals surface area contributed by atoms with Crippen molar-refractivity contribution < 1.29 is 0 Å². The molecular formula is C24H43N4+. The maximum absolute atomic E-state index is 4.60. The molecule has 28 heavy (non-hydrogen) atoms. The van der Waals surface area contributed by atoms with E-state index in [1.54, 1.807) is 0 Å². The van der Waals surface area contributed by atoms with Gasteiger partial charge in [0, 0.05) is 17.3 Å². The predicted octanol–water partition coefficient (Wildman–Crippen LogP) is 7.37. The summed E-state index contributed by atoms with van der Waals surface area (Å²) in [4.78, 5) is 0. The Morgan fingerprint density at radius 3 is 2.36 bits per heavy atom. The third-order valence-electron chi connectivity index (χ3n) is 6.56. The van der Waals surface area contributed by atoms with Gasteiger partial charge in [-0.1, -0.05) is 89.9 Å². The summed E-state index contributed by atoms with van der Waals surface area (Å²) >= 11 is 0. The quantitative estimate of drug-likeness (QED) is 0.332. The molecule has 0 saturated carbocycles. The highest BCUT2D eigenvalue weighted by atomic mass is 15.7. The van der Waals surface area contributed by atoms with Crippen LogP contribution in [0, 0.1) is 11.8 Å². The van der Waals surface area contributed by atoms with Gasteiger partial charge in [0.05, 0.1) is 0 Å². The zero-order valence-corrected chi connectivity index (χ0v) is 19.0. The Balaban J connectivity index is 2.09. The molecule has 1 heterocycles. The molecule has 0 aromatic heterocycles. The number of unbranched alkanes of at least 4 members (excludes halogenated alkanes) is 2. The van der Waals surface area contributed by atoms with Gasteiger partial charge in [0.15, 0.2) is 18.0 Å². The normalized spacial score (nSPS) is 21.5. The molecule has 4 heteroatoms. The van der Waals surface area contributed by atoms with Crippen LogP contribution >= 0.6 is 0 Å². The SMILES string of the molecule is CCCCC(CC)CC(NC[N+]1(C)N=Nc2ccccc21)C(CC)CCCC. The number of hydrogen-bond acceptors (Lipinski definition) is 3. The van der Waals surface area contributed by atoms with Crippen molar-refractivity contribution in [1.82, 2.24) is 9.91 Å². The highest BCUT2D eigenvalue weighted by molar-refractivity contribution is 5.65. The number of fused-ring (bicyclic) bond motifs is 1. The fourth-order valence-corrected chi connectivity index (χ4v) is 4.50. The number of nitrogens with zero attached hydrogens (tertiary/aromatic N) is 3. The fraction of sp³-hybridized carbons (Fsp3) is 0.750. The second-order valence-electron chi connectivity index (χ2n) is 8.75. The first-order valence-electron chi connectivity index (χ1n) is 11.7. The zero-order valence-electron chi connectivity index (χ0n) is 19.0. The van der Waals surface area contributed by atoms with Gasteiger partial charge < -0.3 is 0 Å². The summed E-state index contributed by atoms with van der Waals surface area (Å²) in [5.41, 5.74) is 2.21. The molecule has 2 rings (SSSR count). The molecule has 0 spiro atoms. The van der Waals surface area contributed by atoms with Gasteiger partial charge in [-0.2, -0.15) is 0 Å². The topological polar surface area (TPSA) is 36.8 Å². The average Bonchev–Trinajstić information content (AvgIpc) is 3.06. The molecule has 0 fully saturated rings. The second kappa shape index (κ2) is 11.7. The van der Waals surface area contributed by atoms with Crippen molar-refractivity contribution in [3.8, 4) is 0 Å². The van der Waals surface area contributed by atoms with E-state index in [9.17, 15) is 0 Å². The van der Waals surface area contributed by atoms with Crippen LogP contribution in [0.5, 0.6) is 0 Å². The van der Waals surface area contributed by atoms with E-state index in [0.717, 1.165) is 24.2 Å². The Bertz CT molecular complexity index is 600. The van der Waals surface area contributed by atoms with Gasteiger partial charge in [-0.15, -0.1) is 4.59 Å². The molecule has 1 aromatic carbocycles. The van der Waals surface area contributed by atoms with Crippen LogP contribution < -0.4 is 9.91 Å². The number of benzene rings is 1. The molecule has 0 radical (unpaired) electrons. The molecule has 0 aliphatic carbocycles. The molecule has 1 N–H and O–H groups in total. The first kappa shape index (κ1) is 23.0. The van der Waals surface area contributed by atoms with Crippen LogP contribution in [-0.2, 0) is 0 Å². The van der Waals surface area contributed by atoms with Crippen LogP contribution in [0.4, 0.5) is 11.4 Å². The third kappa shape index (κ3) is 6.12. The predicted molar refractivity (Wildman–Crippen MR) is 122 cm³/mol.